The molecule has 7 nitrogen and oxygen atoms in total. The quantitative estimate of drug-likeness (QED) is 0.659. The number of hydrogen-bond acceptors (Lipinski definition) is 4. The van der Waals surface area contributed by atoms with Gasteiger partial charge in [-0.25, -0.2) is 4.98 Å². The summed E-state index contributed by atoms with van der Waals surface area (Å²) in [6.45, 7) is 3.44. The van der Waals surface area contributed by atoms with Gasteiger partial charge in [0, 0.05) is 16.8 Å². The topological polar surface area (TPSA) is 99.8 Å². The Morgan fingerprint density at radius 1 is 1.08 bits per heavy atom. The zero-order chi connectivity index (χ0) is 18.5. The Bertz CT molecular complexity index is 920. The van der Waals surface area contributed by atoms with Gasteiger partial charge in [-0.1, -0.05) is 30.3 Å². The zero-order valence-electron chi connectivity index (χ0n) is 14.5. The van der Waals surface area contributed by atoms with Gasteiger partial charge in [0.1, 0.15) is 11.9 Å². The van der Waals surface area contributed by atoms with Crippen LogP contribution >= 0.6 is 0 Å². The van der Waals surface area contributed by atoms with Crippen LogP contribution < -0.4 is 10.6 Å². The molecule has 2 amide bonds. The van der Waals surface area contributed by atoms with E-state index in [2.05, 4.69) is 25.8 Å². The van der Waals surface area contributed by atoms with Crippen LogP contribution in [-0.2, 0) is 4.79 Å². The smallest absolute Gasteiger partial charge is 0.251 e. The minimum absolute atomic E-state index is 0.287. The molecule has 1 atom stereocenters. The van der Waals surface area contributed by atoms with Crippen LogP contribution in [0.3, 0.4) is 0 Å². The van der Waals surface area contributed by atoms with Crippen molar-refractivity contribution in [1.29, 1.82) is 0 Å². The van der Waals surface area contributed by atoms with E-state index in [-0.39, 0.29) is 11.8 Å². The third-order valence-corrected chi connectivity index (χ3v) is 3.76. The number of nitrogens with zero attached hydrogens (tertiary/aromatic N) is 2. The fraction of sp³-hybridized carbons (Fsp3) is 0.158. The van der Waals surface area contributed by atoms with E-state index in [1.165, 1.54) is 0 Å². The van der Waals surface area contributed by atoms with Crippen molar-refractivity contribution in [2.45, 2.75) is 19.9 Å². The molecule has 0 aliphatic carbocycles. The fourth-order valence-electron chi connectivity index (χ4n) is 2.39. The van der Waals surface area contributed by atoms with E-state index in [4.69, 9.17) is 0 Å². The lowest BCUT2D eigenvalue weighted by atomic mass is 10.1. The number of carbonyl (C=O) groups is 2. The average molecular weight is 349 g/mol. The molecule has 2 aromatic carbocycles. The Labute approximate surface area is 150 Å². The molecule has 26 heavy (non-hydrogen) atoms. The van der Waals surface area contributed by atoms with E-state index in [1.807, 2.05) is 24.3 Å². The van der Waals surface area contributed by atoms with Crippen molar-refractivity contribution in [2.24, 2.45) is 0 Å². The summed E-state index contributed by atoms with van der Waals surface area (Å²) in [4.78, 5) is 28.9. The van der Waals surface area contributed by atoms with Crippen molar-refractivity contribution in [3.8, 4) is 11.4 Å². The van der Waals surface area contributed by atoms with Crippen molar-refractivity contribution in [3.63, 3.8) is 0 Å². The van der Waals surface area contributed by atoms with Crippen molar-refractivity contribution in [1.82, 2.24) is 20.5 Å². The van der Waals surface area contributed by atoms with Crippen LogP contribution in [-0.4, -0.2) is 33.0 Å². The molecule has 0 aliphatic heterocycles. The van der Waals surface area contributed by atoms with Crippen LogP contribution in [0.2, 0.25) is 0 Å². The number of hydrogen-bond donors (Lipinski definition) is 3. The molecule has 3 rings (SSSR count). The highest BCUT2D eigenvalue weighted by Gasteiger charge is 2.17. The van der Waals surface area contributed by atoms with E-state index < -0.39 is 6.04 Å². The third kappa shape index (κ3) is 4.13. The number of carbonyl (C=O) groups excluding carboxylic acids is 2. The van der Waals surface area contributed by atoms with Gasteiger partial charge >= 0.3 is 0 Å². The van der Waals surface area contributed by atoms with Gasteiger partial charge in [-0.05, 0) is 38.1 Å². The molecule has 3 aromatic rings. The average Bonchev–Trinajstić information content (AvgIpc) is 3.09. The second-order valence-corrected chi connectivity index (χ2v) is 5.88. The monoisotopic (exact) mass is 349 g/mol. The molecule has 0 bridgehead atoms. The molecular weight excluding hydrogens is 330 g/mol. The van der Waals surface area contributed by atoms with Crippen LogP contribution in [0.4, 0.5) is 5.69 Å². The van der Waals surface area contributed by atoms with Gasteiger partial charge in [-0.15, -0.1) is 0 Å². The van der Waals surface area contributed by atoms with Crippen LogP contribution in [0, 0.1) is 6.92 Å². The normalized spacial score (nSPS) is 11.6. The second-order valence-electron chi connectivity index (χ2n) is 5.88. The number of aryl methyl sites for hydroxylation is 1. The predicted molar refractivity (Wildman–Crippen MR) is 98.6 cm³/mol. The van der Waals surface area contributed by atoms with Crippen LogP contribution in [0.15, 0.2) is 54.6 Å². The van der Waals surface area contributed by atoms with Crippen molar-refractivity contribution >= 4 is 17.5 Å². The standard InChI is InChI=1S/C19H19N5O2/c1-12(18(25)22-16-9-4-3-5-10-16)20-19(26)15-8-6-7-14(11-15)17-21-13(2)23-24-17/h3-12H,1-2H3,(H,20,26)(H,22,25)(H,21,23,24). The molecule has 1 aromatic heterocycles. The molecule has 0 saturated carbocycles. The summed E-state index contributed by atoms with van der Waals surface area (Å²) in [5.74, 6) is 0.591. The minimum Gasteiger partial charge on any atom is -0.341 e. The summed E-state index contributed by atoms with van der Waals surface area (Å²) in [6.07, 6.45) is 0. The van der Waals surface area contributed by atoms with E-state index in [1.54, 1.807) is 44.2 Å². The first kappa shape index (κ1) is 17.3. The zero-order valence-corrected chi connectivity index (χ0v) is 14.5. The highest BCUT2D eigenvalue weighted by atomic mass is 16.2. The molecule has 7 heteroatoms. The van der Waals surface area contributed by atoms with Gasteiger partial charge in [0.2, 0.25) is 5.91 Å². The van der Waals surface area contributed by atoms with Gasteiger partial charge in [0.15, 0.2) is 5.82 Å². The third-order valence-electron chi connectivity index (χ3n) is 3.76. The van der Waals surface area contributed by atoms with Gasteiger partial charge in [0.05, 0.1) is 0 Å². The molecule has 0 aliphatic rings. The Hall–Kier alpha value is -3.48. The fourth-order valence-corrected chi connectivity index (χ4v) is 2.39. The minimum atomic E-state index is -0.683. The number of anilines is 1. The highest BCUT2D eigenvalue weighted by molar-refractivity contribution is 6.01. The van der Waals surface area contributed by atoms with E-state index in [9.17, 15) is 9.59 Å². The molecule has 0 spiro atoms. The Morgan fingerprint density at radius 3 is 2.54 bits per heavy atom. The Morgan fingerprint density at radius 2 is 1.85 bits per heavy atom. The van der Waals surface area contributed by atoms with Crippen LogP contribution in [0.25, 0.3) is 11.4 Å². The lowest BCUT2D eigenvalue weighted by molar-refractivity contribution is -0.117. The van der Waals surface area contributed by atoms with Crippen molar-refractivity contribution in [3.05, 3.63) is 66.0 Å². The lowest BCUT2D eigenvalue weighted by Gasteiger charge is -2.14. The Kier molecular flexibility index (Phi) is 5.07. The second kappa shape index (κ2) is 7.60. The van der Waals surface area contributed by atoms with Gasteiger partial charge < -0.3 is 10.6 Å². The number of rotatable bonds is 5. The van der Waals surface area contributed by atoms with E-state index in [0.717, 1.165) is 5.56 Å². The maximum absolute atomic E-state index is 12.5. The van der Waals surface area contributed by atoms with Crippen LogP contribution in [0.5, 0.6) is 0 Å². The van der Waals surface area contributed by atoms with E-state index in [0.29, 0.717) is 22.9 Å². The first-order valence-electron chi connectivity index (χ1n) is 8.19. The van der Waals surface area contributed by atoms with Crippen molar-refractivity contribution < 1.29 is 9.59 Å². The number of nitrogens with one attached hydrogen (secondary N) is 3. The number of H-pyrrole nitrogens is 1. The molecule has 132 valence electrons. The highest BCUT2D eigenvalue weighted by Crippen LogP contribution is 2.16. The SMILES string of the molecule is Cc1nc(-c2cccc(C(=O)NC(C)C(=O)Nc3ccccc3)c2)n[nH]1. The predicted octanol–water partition coefficient (Wildman–Crippen LogP) is 2.54. The van der Waals surface area contributed by atoms with Gasteiger partial charge in [-0.2, -0.15) is 5.10 Å². The molecule has 0 fully saturated rings. The lowest BCUT2D eigenvalue weighted by Crippen LogP contribution is -2.41. The number of aromatic amines is 1. The van der Waals surface area contributed by atoms with Gasteiger partial charge in [0.25, 0.3) is 5.91 Å². The first-order chi connectivity index (χ1) is 12.5. The molecule has 0 radical (unpaired) electrons. The number of amides is 2. The summed E-state index contributed by atoms with van der Waals surface area (Å²) in [5, 5.41) is 12.3. The summed E-state index contributed by atoms with van der Waals surface area (Å²) >= 11 is 0. The van der Waals surface area contributed by atoms with Crippen molar-refractivity contribution in [2.75, 3.05) is 5.32 Å². The Balaban J connectivity index is 1.66. The summed E-state index contributed by atoms with van der Waals surface area (Å²) < 4.78 is 0. The number of benzene rings is 2. The maximum Gasteiger partial charge on any atom is 0.251 e. The summed E-state index contributed by atoms with van der Waals surface area (Å²) in [7, 11) is 0. The largest absolute Gasteiger partial charge is 0.341 e. The summed E-state index contributed by atoms with van der Waals surface area (Å²) in [5.41, 5.74) is 1.84. The summed E-state index contributed by atoms with van der Waals surface area (Å²) in [6, 6.07) is 15.4. The molecule has 1 unspecified atom stereocenters. The number of aromatic nitrogens is 3. The first-order valence-corrected chi connectivity index (χ1v) is 8.19. The number of para-hydroxylation sites is 1. The molecule has 1 heterocycles. The molecule has 0 saturated heterocycles. The van der Waals surface area contributed by atoms with Gasteiger partial charge in [-0.3, -0.25) is 14.7 Å². The molecular formula is C19H19N5O2. The van der Waals surface area contributed by atoms with Crippen LogP contribution in [0.1, 0.15) is 23.1 Å². The molecule has 3 N–H and O–H groups in total. The maximum atomic E-state index is 12.5. The van der Waals surface area contributed by atoms with E-state index >= 15 is 0 Å².